The second kappa shape index (κ2) is 12.7. The Bertz CT molecular complexity index is 1410. The van der Waals surface area contributed by atoms with Crippen molar-refractivity contribution in [1.82, 2.24) is 10.2 Å². The van der Waals surface area contributed by atoms with Gasteiger partial charge in [-0.3, -0.25) is 13.9 Å². The fraction of sp³-hybridized carbons (Fsp3) is 0.286. The Balaban J connectivity index is 2.08. The van der Waals surface area contributed by atoms with E-state index in [1.807, 2.05) is 19.9 Å². The first-order valence-electron chi connectivity index (χ1n) is 12.1. The molecule has 0 aliphatic carbocycles. The summed E-state index contributed by atoms with van der Waals surface area (Å²) in [6, 6.07) is 17.2. The molecule has 0 spiro atoms. The van der Waals surface area contributed by atoms with Crippen LogP contribution in [0.1, 0.15) is 30.5 Å². The predicted octanol–water partition coefficient (Wildman–Crippen LogP) is 5.36. The van der Waals surface area contributed by atoms with Gasteiger partial charge in [-0.25, -0.2) is 8.42 Å². The van der Waals surface area contributed by atoms with Gasteiger partial charge in [0.25, 0.3) is 10.0 Å². The van der Waals surface area contributed by atoms with Crippen LogP contribution in [-0.2, 0) is 26.2 Å². The highest BCUT2D eigenvalue weighted by molar-refractivity contribution is 7.92. The molecule has 0 unspecified atom stereocenters. The summed E-state index contributed by atoms with van der Waals surface area (Å²) >= 11 is 12.4. The van der Waals surface area contributed by atoms with Crippen molar-refractivity contribution >= 4 is 50.7 Å². The molecule has 3 aromatic rings. The lowest BCUT2D eigenvalue weighted by Crippen LogP contribution is -2.51. The highest BCUT2D eigenvalue weighted by atomic mass is 35.5. The van der Waals surface area contributed by atoms with Crippen molar-refractivity contribution in [3.63, 3.8) is 0 Å². The lowest BCUT2D eigenvalue weighted by molar-refractivity contribution is -0.139. The lowest BCUT2D eigenvalue weighted by Gasteiger charge is -2.32. The third-order valence-electron chi connectivity index (χ3n) is 6.33. The zero-order chi connectivity index (χ0) is 28.0. The van der Waals surface area contributed by atoms with E-state index in [0.29, 0.717) is 27.8 Å². The average molecular weight is 577 g/mol. The number of amides is 2. The number of hydrogen-bond acceptors (Lipinski definition) is 4. The van der Waals surface area contributed by atoms with Crippen LogP contribution in [-0.4, -0.2) is 44.3 Å². The van der Waals surface area contributed by atoms with E-state index in [2.05, 4.69) is 5.32 Å². The Kier molecular flexibility index (Phi) is 9.82. The van der Waals surface area contributed by atoms with Crippen LogP contribution in [0.2, 0.25) is 10.0 Å². The van der Waals surface area contributed by atoms with Gasteiger partial charge in [0.05, 0.1) is 10.6 Å². The number of anilines is 1. The third kappa shape index (κ3) is 6.67. The van der Waals surface area contributed by atoms with E-state index >= 15 is 0 Å². The summed E-state index contributed by atoms with van der Waals surface area (Å²) in [5.41, 5.74) is 2.56. The van der Waals surface area contributed by atoms with Crippen LogP contribution >= 0.6 is 23.2 Å². The minimum atomic E-state index is -4.12. The molecule has 0 saturated carbocycles. The van der Waals surface area contributed by atoms with Gasteiger partial charge in [0.15, 0.2) is 0 Å². The van der Waals surface area contributed by atoms with Gasteiger partial charge in [-0.05, 0) is 74.7 Å². The Morgan fingerprint density at radius 2 is 1.66 bits per heavy atom. The van der Waals surface area contributed by atoms with Crippen LogP contribution in [0.4, 0.5) is 5.69 Å². The van der Waals surface area contributed by atoms with Gasteiger partial charge < -0.3 is 10.2 Å². The van der Waals surface area contributed by atoms with Gasteiger partial charge in [-0.15, -0.1) is 0 Å². The zero-order valence-electron chi connectivity index (χ0n) is 21.7. The normalized spacial score (nSPS) is 12.1. The fourth-order valence-electron chi connectivity index (χ4n) is 3.98. The zero-order valence-corrected chi connectivity index (χ0v) is 24.1. The molecule has 0 aliphatic rings. The SMILES string of the molecule is CCNC(=O)[C@@H](C)N(Cc1ccc(Cl)cc1Cl)C(=O)CN(c1cccc(C)c1C)S(=O)(=O)c1ccccc1. The molecule has 10 heteroatoms. The average Bonchev–Trinajstić information content (AvgIpc) is 2.88. The van der Waals surface area contributed by atoms with Crippen LogP contribution in [0.3, 0.4) is 0 Å². The number of halogens is 2. The monoisotopic (exact) mass is 575 g/mol. The van der Waals surface area contributed by atoms with Gasteiger partial charge in [-0.1, -0.05) is 59.6 Å². The molecule has 3 rings (SSSR count). The molecule has 0 bridgehead atoms. The first-order valence-corrected chi connectivity index (χ1v) is 14.3. The van der Waals surface area contributed by atoms with E-state index in [4.69, 9.17) is 23.2 Å². The van der Waals surface area contributed by atoms with Crippen molar-refractivity contribution in [2.24, 2.45) is 0 Å². The Morgan fingerprint density at radius 1 is 0.974 bits per heavy atom. The van der Waals surface area contributed by atoms with Gasteiger partial charge >= 0.3 is 0 Å². The number of hydrogen-bond donors (Lipinski definition) is 1. The second-order valence-corrected chi connectivity index (χ2v) is 11.6. The molecular weight excluding hydrogens is 545 g/mol. The highest BCUT2D eigenvalue weighted by Gasteiger charge is 2.33. The summed E-state index contributed by atoms with van der Waals surface area (Å²) in [6.07, 6.45) is 0. The number of rotatable bonds is 10. The van der Waals surface area contributed by atoms with Gasteiger partial charge in [-0.2, -0.15) is 0 Å². The van der Waals surface area contributed by atoms with Crippen molar-refractivity contribution < 1.29 is 18.0 Å². The van der Waals surface area contributed by atoms with Crippen LogP contribution in [0.5, 0.6) is 0 Å². The minimum Gasteiger partial charge on any atom is -0.355 e. The quantitative estimate of drug-likeness (QED) is 0.352. The van der Waals surface area contributed by atoms with Crippen molar-refractivity contribution in [2.75, 3.05) is 17.4 Å². The summed E-state index contributed by atoms with van der Waals surface area (Å²) in [5.74, 6) is -0.926. The second-order valence-electron chi connectivity index (χ2n) is 8.87. The molecule has 3 aromatic carbocycles. The molecule has 1 atom stereocenters. The maximum atomic E-state index is 13.9. The lowest BCUT2D eigenvalue weighted by atomic mass is 10.1. The number of sulfonamides is 1. The first-order chi connectivity index (χ1) is 18.0. The topological polar surface area (TPSA) is 86.8 Å². The molecular formula is C28H31Cl2N3O4S. The molecule has 0 saturated heterocycles. The Labute approximate surface area is 234 Å². The molecule has 38 heavy (non-hydrogen) atoms. The standard InChI is InChI=1S/C28H31Cl2N3O4S/c1-5-31-28(35)21(4)32(17-22-14-15-23(29)16-25(22)30)27(34)18-33(26-13-9-10-19(2)20(26)3)38(36,37)24-11-7-6-8-12-24/h6-16,21H,5,17-18H2,1-4H3,(H,31,35)/t21-/m1/s1. The van der Waals surface area contributed by atoms with E-state index in [9.17, 15) is 18.0 Å². The van der Waals surface area contributed by atoms with Gasteiger partial charge in [0.2, 0.25) is 11.8 Å². The largest absolute Gasteiger partial charge is 0.355 e. The molecule has 0 aliphatic heterocycles. The minimum absolute atomic E-state index is 0.0147. The summed E-state index contributed by atoms with van der Waals surface area (Å²) in [5, 5.41) is 3.50. The van der Waals surface area contributed by atoms with E-state index in [-0.39, 0.29) is 17.3 Å². The molecule has 0 aromatic heterocycles. The van der Waals surface area contributed by atoms with Crippen LogP contribution < -0.4 is 9.62 Å². The number of likely N-dealkylation sites (N-methyl/N-ethyl adjacent to an activating group) is 1. The number of nitrogens with one attached hydrogen (secondary N) is 1. The first kappa shape index (κ1) is 29.5. The Hall–Kier alpha value is -3.07. The van der Waals surface area contributed by atoms with Gasteiger partial charge in [0.1, 0.15) is 12.6 Å². The summed E-state index contributed by atoms with van der Waals surface area (Å²) < 4.78 is 28.8. The number of carbonyl (C=O) groups excluding carboxylic acids is 2. The van der Waals surface area contributed by atoms with E-state index in [1.165, 1.54) is 17.0 Å². The molecule has 0 radical (unpaired) electrons. The highest BCUT2D eigenvalue weighted by Crippen LogP contribution is 2.29. The van der Waals surface area contributed by atoms with Crippen molar-refractivity contribution in [1.29, 1.82) is 0 Å². The smallest absolute Gasteiger partial charge is 0.264 e. The van der Waals surface area contributed by atoms with Crippen molar-refractivity contribution in [2.45, 2.75) is 45.2 Å². The number of carbonyl (C=O) groups is 2. The molecule has 1 N–H and O–H groups in total. The summed E-state index contributed by atoms with van der Waals surface area (Å²) in [7, 11) is -4.12. The van der Waals surface area contributed by atoms with Crippen LogP contribution in [0.25, 0.3) is 0 Å². The Morgan fingerprint density at radius 3 is 2.29 bits per heavy atom. The van der Waals surface area contributed by atoms with Crippen molar-refractivity contribution in [3.8, 4) is 0 Å². The molecule has 0 fully saturated rings. The predicted molar refractivity (Wildman–Crippen MR) is 152 cm³/mol. The number of benzene rings is 3. The molecule has 202 valence electrons. The number of nitrogens with zero attached hydrogens (tertiary/aromatic N) is 2. The van der Waals surface area contributed by atoms with E-state index in [1.54, 1.807) is 62.4 Å². The molecule has 2 amide bonds. The van der Waals surface area contributed by atoms with E-state index < -0.39 is 28.5 Å². The summed E-state index contributed by atoms with van der Waals surface area (Å²) in [4.78, 5) is 28.1. The molecule has 0 heterocycles. The van der Waals surface area contributed by atoms with Crippen LogP contribution in [0, 0.1) is 13.8 Å². The third-order valence-corrected chi connectivity index (χ3v) is 8.69. The van der Waals surface area contributed by atoms with Gasteiger partial charge in [0, 0.05) is 23.1 Å². The molecule has 7 nitrogen and oxygen atoms in total. The fourth-order valence-corrected chi connectivity index (χ4v) is 5.94. The van der Waals surface area contributed by atoms with Crippen molar-refractivity contribution in [3.05, 3.63) is 93.5 Å². The summed E-state index contributed by atoms with van der Waals surface area (Å²) in [6.45, 7) is 6.91. The number of aryl methyl sites for hydroxylation is 1. The van der Waals surface area contributed by atoms with E-state index in [0.717, 1.165) is 15.4 Å². The maximum absolute atomic E-state index is 13.9. The van der Waals surface area contributed by atoms with Crippen LogP contribution in [0.15, 0.2) is 71.6 Å². The maximum Gasteiger partial charge on any atom is 0.264 e.